The number of fused-ring (bicyclic) bond motifs is 1. The predicted molar refractivity (Wildman–Crippen MR) is 135 cm³/mol. The minimum Gasteiger partial charge on any atom is -0.476 e. The third-order valence-corrected chi connectivity index (χ3v) is 6.56. The normalized spacial score (nSPS) is 14.6. The number of rotatable bonds is 5. The van der Waals surface area contributed by atoms with E-state index in [9.17, 15) is 33.0 Å². The van der Waals surface area contributed by atoms with Crippen molar-refractivity contribution < 1.29 is 33.0 Å². The summed E-state index contributed by atoms with van der Waals surface area (Å²) in [6.07, 6.45) is -4.24. The van der Waals surface area contributed by atoms with E-state index in [1.54, 1.807) is 47.4 Å². The quantitative estimate of drug-likeness (QED) is 0.286. The number of hydrogen-bond donors (Lipinski definition) is 4. The molecule has 1 aliphatic heterocycles. The lowest BCUT2D eigenvalue weighted by Crippen LogP contribution is -2.36. The molecule has 5 rings (SSSR count). The molecule has 3 aromatic carbocycles. The lowest BCUT2D eigenvalue weighted by Gasteiger charge is -2.32. The first-order chi connectivity index (χ1) is 18.1. The van der Waals surface area contributed by atoms with Crippen molar-refractivity contribution >= 4 is 34.2 Å². The number of benzene rings is 3. The number of aromatic carboxylic acids is 1. The number of carbonyl (C=O) groups is 2. The van der Waals surface area contributed by atoms with E-state index in [1.807, 2.05) is 0 Å². The second-order valence-corrected chi connectivity index (χ2v) is 9.16. The molecular weight excluding hydrogens is 501 g/mol. The average Bonchev–Trinajstić information content (AvgIpc) is 3.32. The number of aromatic amines is 1. The number of H-pyrrole nitrogens is 1. The van der Waals surface area contributed by atoms with Crippen LogP contribution in [0.1, 0.15) is 39.3 Å². The van der Waals surface area contributed by atoms with Crippen LogP contribution in [-0.2, 0) is 6.18 Å². The highest BCUT2D eigenvalue weighted by atomic mass is 19.4. The lowest BCUT2D eigenvalue weighted by atomic mass is 10.0. The van der Waals surface area contributed by atoms with Crippen LogP contribution < -0.4 is 10.2 Å². The zero-order valence-corrected chi connectivity index (χ0v) is 19.9. The van der Waals surface area contributed by atoms with Crippen molar-refractivity contribution in [2.24, 2.45) is 0 Å². The highest BCUT2D eigenvalue weighted by Gasteiger charge is 2.33. The number of hydrogen-bond acceptors (Lipinski definition) is 5. The van der Waals surface area contributed by atoms with Gasteiger partial charge in [0.1, 0.15) is 0 Å². The van der Waals surface area contributed by atoms with Crippen LogP contribution >= 0.6 is 0 Å². The number of halogens is 3. The highest BCUT2D eigenvalue weighted by molar-refractivity contribution is 6.05. The van der Waals surface area contributed by atoms with E-state index in [-0.39, 0.29) is 16.9 Å². The van der Waals surface area contributed by atoms with Crippen molar-refractivity contribution in [3.63, 3.8) is 0 Å². The SMILES string of the molecule is O=C(Nc1cccc(-c2ccc3c(C(=O)O)n[nH]c3c2)c1)c1cc(N2CCC(O)CC2)cc(C(F)(F)F)c1. The first-order valence-corrected chi connectivity index (χ1v) is 11.9. The summed E-state index contributed by atoms with van der Waals surface area (Å²) in [7, 11) is 0. The maximum absolute atomic E-state index is 13.6. The zero-order valence-electron chi connectivity index (χ0n) is 19.9. The lowest BCUT2D eigenvalue weighted by molar-refractivity contribution is -0.137. The van der Waals surface area contributed by atoms with Crippen LogP contribution in [-0.4, -0.2) is 51.5 Å². The Kier molecular flexibility index (Phi) is 6.53. The number of carboxylic acids is 1. The number of aliphatic hydroxyl groups is 1. The van der Waals surface area contributed by atoms with E-state index >= 15 is 0 Å². The summed E-state index contributed by atoms with van der Waals surface area (Å²) in [6, 6.07) is 15.1. The number of alkyl halides is 3. The van der Waals surface area contributed by atoms with Gasteiger partial charge in [0.15, 0.2) is 5.69 Å². The number of nitrogens with one attached hydrogen (secondary N) is 2. The van der Waals surface area contributed by atoms with Gasteiger partial charge in [-0.25, -0.2) is 4.79 Å². The number of anilines is 2. The molecule has 1 amide bonds. The first kappa shape index (κ1) is 25.3. The van der Waals surface area contributed by atoms with Crippen LogP contribution in [0.25, 0.3) is 22.0 Å². The van der Waals surface area contributed by atoms with Crippen LogP contribution in [0, 0.1) is 0 Å². The van der Waals surface area contributed by atoms with Gasteiger partial charge in [0.2, 0.25) is 0 Å². The van der Waals surface area contributed by atoms with Gasteiger partial charge in [-0.05, 0) is 66.4 Å². The molecule has 0 radical (unpaired) electrons. The van der Waals surface area contributed by atoms with Crippen LogP contribution in [0.2, 0.25) is 0 Å². The van der Waals surface area contributed by atoms with Gasteiger partial charge in [0.25, 0.3) is 5.91 Å². The Morgan fingerprint density at radius 3 is 2.45 bits per heavy atom. The van der Waals surface area contributed by atoms with Gasteiger partial charge in [0, 0.05) is 35.4 Å². The number of aromatic nitrogens is 2. The van der Waals surface area contributed by atoms with Gasteiger partial charge in [-0.2, -0.15) is 18.3 Å². The fraction of sp³-hybridized carbons (Fsp3) is 0.222. The Balaban J connectivity index is 1.41. The molecular formula is C27H23F3N4O4. The van der Waals surface area contributed by atoms with E-state index in [0.717, 1.165) is 17.7 Å². The number of carbonyl (C=O) groups excluding carboxylic acids is 1. The summed E-state index contributed by atoms with van der Waals surface area (Å²) in [4.78, 5) is 26.1. The van der Waals surface area contributed by atoms with E-state index < -0.39 is 29.7 Å². The van der Waals surface area contributed by atoms with Crippen LogP contribution in [0.5, 0.6) is 0 Å². The van der Waals surface area contributed by atoms with Crippen LogP contribution in [0.4, 0.5) is 24.5 Å². The van der Waals surface area contributed by atoms with Gasteiger partial charge in [-0.1, -0.05) is 18.2 Å². The largest absolute Gasteiger partial charge is 0.476 e. The summed E-state index contributed by atoms with van der Waals surface area (Å²) in [5.41, 5.74) is 1.46. The summed E-state index contributed by atoms with van der Waals surface area (Å²) in [5, 5.41) is 28.6. The Hall–Kier alpha value is -4.38. The fourth-order valence-electron chi connectivity index (χ4n) is 4.55. The average molecular weight is 524 g/mol. The zero-order chi connectivity index (χ0) is 27.0. The Morgan fingerprint density at radius 2 is 1.74 bits per heavy atom. The maximum atomic E-state index is 13.6. The molecule has 196 valence electrons. The molecule has 2 heterocycles. The van der Waals surface area contributed by atoms with Gasteiger partial charge in [0.05, 0.1) is 17.2 Å². The van der Waals surface area contributed by atoms with Crippen molar-refractivity contribution in [2.45, 2.75) is 25.1 Å². The summed E-state index contributed by atoms with van der Waals surface area (Å²) >= 11 is 0. The Labute approximate surface area is 214 Å². The summed E-state index contributed by atoms with van der Waals surface area (Å²) in [6.45, 7) is 0.778. The topological polar surface area (TPSA) is 119 Å². The van der Waals surface area contributed by atoms with E-state index in [2.05, 4.69) is 15.5 Å². The van der Waals surface area contributed by atoms with Crippen molar-refractivity contribution in [2.75, 3.05) is 23.3 Å². The number of carboxylic acid groups (broad SMARTS) is 1. The second kappa shape index (κ2) is 9.82. The minimum atomic E-state index is -4.63. The van der Waals surface area contributed by atoms with Gasteiger partial charge in [-0.3, -0.25) is 9.89 Å². The molecule has 0 bridgehead atoms. The van der Waals surface area contributed by atoms with Crippen molar-refractivity contribution in [3.05, 3.63) is 77.5 Å². The molecule has 1 aliphatic rings. The summed E-state index contributed by atoms with van der Waals surface area (Å²) < 4.78 is 40.9. The Bertz CT molecular complexity index is 1520. The molecule has 11 heteroatoms. The van der Waals surface area contributed by atoms with Crippen molar-refractivity contribution in [1.82, 2.24) is 10.2 Å². The molecule has 0 aliphatic carbocycles. The maximum Gasteiger partial charge on any atom is 0.416 e. The van der Waals surface area contributed by atoms with Crippen LogP contribution in [0.3, 0.4) is 0 Å². The molecule has 0 atom stereocenters. The molecule has 0 spiro atoms. The number of piperidine rings is 1. The van der Waals surface area contributed by atoms with Gasteiger partial charge >= 0.3 is 12.1 Å². The minimum absolute atomic E-state index is 0.0891. The molecule has 0 saturated carbocycles. The smallest absolute Gasteiger partial charge is 0.416 e. The molecule has 0 unspecified atom stereocenters. The van der Waals surface area contributed by atoms with E-state index in [1.165, 1.54) is 6.07 Å². The monoisotopic (exact) mass is 524 g/mol. The van der Waals surface area contributed by atoms with Crippen molar-refractivity contribution in [1.29, 1.82) is 0 Å². The third kappa shape index (κ3) is 5.18. The van der Waals surface area contributed by atoms with Gasteiger partial charge in [-0.15, -0.1) is 0 Å². The molecule has 1 aromatic heterocycles. The Morgan fingerprint density at radius 1 is 1.00 bits per heavy atom. The van der Waals surface area contributed by atoms with Gasteiger partial charge < -0.3 is 20.4 Å². The standard InChI is InChI=1S/C27H23F3N4O4/c28-27(29,30)18-10-17(12-20(14-18)34-8-6-21(35)7-9-34)25(36)31-19-3-1-2-15(11-19)16-4-5-22-23(13-16)32-33-24(22)26(37)38/h1-5,10-14,21,35H,6-9H2,(H,31,36)(H,32,33)(H,37,38). The molecule has 1 fully saturated rings. The number of amides is 1. The fourth-order valence-corrected chi connectivity index (χ4v) is 4.55. The van der Waals surface area contributed by atoms with E-state index in [0.29, 0.717) is 48.1 Å². The molecule has 4 N–H and O–H groups in total. The third-order valence-electron chi connectivity index (χ3n) is 6.56. The second-order valence-electron chi connectivity index (χ2n) is 9.16. The number of nitrogens with zero attached hydrogens (tertiary/aromatic N) is 2. The molecule has 1 saturated heterocycles. The summed E-state index contributed by atoms with van der Waals surface area (Å²) in [5.74, 6) is -1.84. The van der Waals surface area contributed by atoms with E-state index in [4.69, 9.17) is 0 Å². The predicted octanol–water partition coefficient (Wildman–Crippen LogP) is 5.16. The molecule has 38 heavy (non-hydrogen) atoms. The highest BCUT2D eigenvalue weighted by Crippen LogP contribution is 2.34. The molecule has 8 nitrogen and oxygen atoms in total. The first-order valence-electron chi connectivity index (χ1n) is 11.9. The van der Waals surface area contributed by atoms with Crippen LogP contribution in [0.15, 0.2) is 60.7 Å². The van der Waals surface area contributed by atoms with Crippen molar-refractivity contribution in [3.8, 4) is 11.1 Å². The molecule has 4 aromatic rings. The number of aliphatic hydroxyl groups excluding tert-OH is 1.